The van der Waals surface area contributed by atoms with Crippen LogP contribution in [0.5, 0.6) is 5.88 Å². The van der Waals surface area contributed by atoms with E-state index in [2.05, 4.69) is 37.4 Å². The van der Waals surface area contributed by atoms with Crippen LogP contribution in [-0.2, 0) is 0 Å². The summed E-state index contributed by atoms with van der Waals surface area (Å²) in [6, 6.07) is 0.352. The zero-order valence-electron chi connectivity index (χ0n) is 15.3. The number of nitrogens with zero attached hydrogens (tertiary/aromatic N) is 7. The third kappa shape index (κ3) is 2.99. The normalized spacial score (nSPS) is 17.9. The van der Waals surface area contributed by atoms with Crippen molar-refractivity contribution >= 4 is 28.9 Å². The van der Waals surface area contributed by atoms with Gasteiger partial charge in [0.1, 0.15) is 5.69 Å². The van der Waals surface area contributed by atoms with Crippen LogP contribution >= 0.6 is 11.8 Å². The summed E-state index contributed by atoms with van der Waals surface area (Å²) in [4.78, 5) is 11.3. The van der Waals surface area contributed by atoms with Crippen LogP contribution in [0, 0.1) is 6.92 Å². The number of imidazole rings is 1. The van der Waals surface area contributed by atoms with Crippen molar-refractivity contribution in [2.45, 2.75) is 24.5 Å². The van der Waals surface area contributed by atoms with E-state index in [4.69, 9.17) is 4.74 Å². The maximum absolute atomic E-state index is 5.47. The fourth-order valence-electron chi connectivity index (χ4n) is 3.20. The Morgan fingerprint density at radius 3 is 2.88 bits per heavy atom. The molecule has 138 valence electrons. The number of nitrogens with one attached hydrogen (secondary N) is 1. The van der Waals surface area contributed by atoms with Crippen LogP contribution in [0.1, 0.15) is 18.2 Å². The molecule has 4 heterocycles. The molecule has 1 unspecified atom stereocenters. The number of ether oxygens (including phenoxy) is 1. The summed E-state index contributed by atoms with van der Waals surface area (Å²) in [6.45, 7) is 4.03. The van der Waals surface area contributed by atoms with E-state index in [0.29, 0.717) is 28.5 Å². The van der Waals surface area contributed by atoms with Crippen LogP contribution < -0.4 is 10.1 Å². The van der Waals surface area contributed by atoms with E-state index in [-0.39, 0.29) is 0 Å². The van der Waals surface area contributed by atoms with Gasteiger partial charge in [0.15, 0.2) is 11.5 Å². The molecule has 9 nitrogen and oxygen atoms in total. The number of methoxy groups -OCH3 is 1. The highest BCUT2D eigenvalue weighted by molar-refractivity contribution is 7.98. The maximum atomic E-state index is 5.47. The van der Waals surface area contributed by atoms with Crippen LogP contribution in [0.4, 0.5) is 11.5 Å². The summed E-state index contributed by atoms with van der Waals surface area (Å²) in [5.74, 6) is 1.18. The van der Waals surface area contributed by atoms with Gasteiger partial charge in [-0.1, -0.05) is 11.8 Å². The molecule has 4 rings (SSSR count). The molecule has 10 heteroatoms. The van der Waals surface area contributed by atoms with Gasteiger partial charge in [0.05, 0.1) is 31.2 Å². The Morgan fingerprint density at radius 1 is 1.35 bits per heavy atom. The molecule has 0 amide bonds. The molecule has 0 spiro atoms. The lowest BCUT2D eigenvalue weighted by atomic mass is 10.3. The molecular weight excluding hydrogens is 352 g/mol. The first-order chi connectivity index (χ1) is 12.6. The molecule has 0 saturated carbocycles. The second-order valence-electron chi connectivity index (χ2n) is 6.44. The van der Waals surface area contributed by atoms with Gasteiger partial charge in [-0.2, -0.15) is 4.98 Å². The summed E-state index contributed by atoms with van der Waals surface area (Å²) in [6.07, 6.45) is 6.80. The average molecular weight is 374 g/mol. The molecule has 1 saturated heterocycles. The molecule has 0 radical (unpaired) electrons. The molecule has 3 aromatic rings. The van der Waals surface area contributed by atoms with Crippen LogP contribution in [0.2, 0.25) is 0 Å². The molecule has 26 heavy (non-hydrogen) atoms. The molecule has 0 aromatic carbocycles. The minimum atomic E-state index is 0.352. The highest BCUT2D eigenvalue weighted by Crippen LogP contribution is 2.31. The Labute approximate surface area is 155 Å². The number of thioether (sulfide) groups is 1. The summed E-state index contributed by atoms with van der Waals surface area (Å²) in [7, 11) is 3.75. The minimum absolute atomic E-state index is 0.352. The van der Waals surface area contributed by atoms with Gasteiger partial charge in [-0.05, 0) is 33.2 Å². The van der Waals surface area contributed by atoms with Crippen LogP contribution in [0.25, 0.3) is 5.65 Å². The smallest absolute Gasteiger partial charge is 0.256 e. The molecule has 1 atom stereocenters. The van der Waals surface area contributed by atoms with E-state index < -0.39 is 0 Å². The quantitative estimate of drug-likeness (QED) is 0.679. The number of anilines is 2. The molecule has 1 aliphatic heterocycles. The number of likely N-dealkylation sites (tertiary alicyclic amines) is 1. The van der Waals surface area contributed by atoms with Crippen molar-refractivity contribution in [3.05, 3.63) is 18.1 Å². The molecule has 1 aliphatic rings. The molecule has 0 bridgehead atoms. The van der Waals surface area contributed by atoms with E-state index in [9.17, 15) is 0 Å². The Hall–Kier alpha value is -2.33. The monoisotopic (exact) mass is 374 g/mol. The molecule has 1 N–H and O–H groups in total. The average Bonchev–Trinajstić information content (AvgIpc) is 3.34. The first-order valence-corrected chi connectivity index (χ1v) is 9.66. The lowest BCUT2D eigenvalue weighted by molar-refractivity contribution is 0.362. The number of rotatable bonds is 5. The largest absolute Gasteiger partial charge is 0.478 e. The van der Waals surface area contributed by atoms with E-state index in [1.54, 1.807) is 17.8 Å². The van der Waals surface area contributed by atoms with E-state index in [1.807, 2.05) is 24.1 Å². The van der Waals surface area contributed by atoms with Gasteiger partial charge in [-0.3, -0.25) is 4.68 Å². The Kier molecular flexibility index (Phi) is 4.45. The van der Waals surface area contributed by atoms with Gasteiger partial charge >= 0.3 is 0 Å². The number of aryl methyl sites for hydroxylation is 1. The minimum Gasteiger partial charge on any atom is -0.478 e. The number of likely N-dealkylation sites (N-methyl/N-ethyl adjacent to an activating group) is 1. The summed E-state index contributed by atoms with van der Waals surface area (Å²) in [5.41, 5.74) is 2.41. The van der Waals surface area contributed by atoms with Crippen molar-refractivity contribution in [1.29, 1.82) is 0 Å². The highest BCUT2D eigenvalue weighted by Gasteiger charge is 2.24. The van der Waals surface area contributed by atoms with Crippen LogP contribution in [0.3, 0.4) is 0 Å². The SMILES string of the molecule is COc1nn(C2CCN(C)C2)cc1Nc1nc(SC)nn2c(C)cnc12. The molecular formula is C16H22N8OS. The fraction of sp³-hybridized carbons (Fsp3) is 0.500. The molecule has 3 aromatic heterocycles. The predicted octanol–water partition coefficient (Wildman–Crippen LogP) is 1.98. The van der Waals surface area contributed by atoms with E-state index >= 15 is 0 Å². The third-order valence-electron chi connectivity index (χ3n) is 4.58. The summed E-state index contributed by atoms with van der Waals surface area (Å²) >= 11 is 1.49. The first-order valence-electron chi connectivity index (χ1n) is 8.44. The zero-order chi connectivity index (χ0) is 18.3. The maximum Gasteiger partial charge on any atom is 0.256 e. The van der Waals surface area contributed by atoms with Crippen molar-refractivity contribution in [3.8, 4) is 5.88 Å². The van der Waals surface area contributed by atoms with Gasteiger partial charge in [0.25, 0.3) is 5.88 Å². The number of aromatic nitrogens is 6. The van der Waals surface area contributed by atoms with Gasteiger partial charge in [0, 0.05) is 6.54 Å². The zero-order valence-corrected chi connectivity index (χ0v) is 16.1. The highest BCUT2D eigenvalue weighted by atomic mass is 32.2. The Bertz CT molecular complexity index is 936. The van der Waals surface area contributed by atoms with E-state index in [1.165, 1.54) is 11.8 Å². The standard InChI is InChI=1S/C16H22N8OS/c1-10-7-17-14-13(19-16(26-4)21-24(10)14)18-12-9-23(20-15(12)25-3)11-5-6-22(2)8-11/h7,9,11H,5-6,8H2,1-4H3,(H,18,19,21). The fourth-order valence-corrected chi connectivity index (χ4v) is 3.54. The van der Waals surface area contributed by atoms with Gasteiger partial charge in [0.2, 0.25) is 5.16 Å². The number of hydrogen-bond donors (Lipinski definition) is 1. The van der Waals surface area contributed by atoms with Crippen LogP contribution in [0.15, 0.2) is 17.6 Å². The number of hydrogen-bond acceptors (Lipinski definition) is 8. The van der Waals surface area contributed by atoms with E-state index in [0.717, 1.165) is 30.9 Å². The molecule has 0 aliphatic carbocycles. The second-order valence-corrected chi connectivity index (χ2v) is 7.22. The summed E-state index contributed by atoms with van der Waals surface area (Å²) in [5, 5.41) is 13.1. The predicted molar refractivity (Wildman–Crippen MR) is 101 cm³/mol. The van der Waals surface area contributed by atoms with Crippen molar-refractivity contribution in [3.63, 3.8) is 0 Å². The van der Waals surface area contributed by atoms with Gasteiger partial charge < -0.3 is 15.0 Å². The first kappa shape index (κ1) is 17.1. The molecule has 1 fully saturated rings. The lowest BCUT2D eigenvalue weighted by Gasteiger charge is -2.10. The lowest BCUT2D eigenvalue weighted by Crippen LogP contribution is -2.16. The van der Waals surface area contributed by atoms with Gasteiger partial charge in [-0.25, -0.2) is 9.50 Å². The number of fused-ring (bicyclic) bond motifs is 1. The van der Waals surface area contributed by atoms with Crippen molar-refractivity contribution < 1.29 is 4.74 Å². The Morgan fingerprint density at radius 2 is 2.19 bits per heavy atom. The van der Waals surface area contributed by atoms with Crippen molar-refractivity contribution in [2.24, 2.45) is 0 Å². The topological polar surface area (TPSA) is 85.4 Å². The second kappa shape index (κ2) is 6.76. The van der Waals surface area contributed by atoms with Crippen molar-refractivity contribution in [2.75, 3.05) is 38.8 Å². The summed E-state index contributed by atoms with van der Waals surface area (Å²) < 4.78 is 9.25. The van der Waals surface area contributed by atoms with Crippen LogP contribution in [-0.4, -0.2) is 67.8 Å². The van der Waals surface area contributed by atoms with Gasteiger partial charge in [-0.15, -0.1) is 10.2 Å². The Balaban J connectivity index is 1.71. The van der Waals surface area contributed by atoms with Crippen molar-refractivity contribution in [1.82, 2.24) is 34.3 Å². The third-order valence-corrected chi connectivity index (χ3v) is 5.12.